The molecule has 0 aliphatic rings. The van der Waals surface area contributed by atoms with Crippen LogP contribution in [0.2, 0.25) is 0 Å². The molecular weight excluding hydrogens is 330 g/mol. The van der Waals surface area contributed by atoms with E-state index in [2.05, 4.69) is 21.2 Å². The molecule has 0 bridgehead atoms. The topological polar surface area (TPSA) is 38.3 Å². The molecule has 3 nitrogen and oxygen atoms in total. The zero-order valence-electron chi connectivity index (χ0n) is 12.3. The Morgan fingerprint density at radius 1 is 0.952 bits per heavy atom. The monoisotopic (exact) mass is 347 g/mol. The second-order valence-corrected chi connectivity index (χ2v) is 6.63. The van der Waals surface area contributed by atoms with E-state index in [0.717, 1.165) is 15.6 Å². The molecule has 0 aliphatic heterocycles. The highest BCUT2D eigenvalue weighted by atomic mass is 79.9. The summed E-state index contributed by atoms with van der Waals surface area (Å²) in [6.45, 7) is 5.51. The molecule has 0 atom stereocenters. The summed E-state index contributed by atoms with van der Waals surface area (Å²) in [5, 5.41) is 2.72. The standard InChI is InChI=1S/C17H18BrNO2/c1-17(2,3)21-16(20)19-15-10-6-13(7-11-15)12-4-8-14(18)9-5-12/h4-11H,1-3H3,(H,19,20). The van der Waals surface area contributed by atoms with Crippen LogP contribution in [0.4, 0.5) is 10.5 Å². The number of amides is 1. The van der Waals surface area contributed by atoms with E-state index in [9.17, 15) is 4.79 Å². The summed E-state index contributed by atoms with van der Waals surface area (Å²) < 4.78 is 6.26. The fourth-order valence-electron chi connectivity index (χ4n) is 1.81. The molecule has 4 heteroatoms. The zero-order chi connectivity index (χ0) is 15.5. The highest BCUT2D eigenvalue weighted by Gasteiger charge is 2.16. The molecule has 0 fully saturated rings. The van der Waals surface area contributed by atoms with E-state index in [4.69, 9.17) is 4.74 Å². The lowest BCUT2D eigenvalue weighted by molar-refractivity contribution is 0.0636. The van der Waals surface area contributed by atoms with E-state index in [1.807, 2.05) is 69.3 Å². The number of hydrogen-bond acceptors (Lipinski definition) is 2. The quantitative estimate of drug-likeness (QED) is 0.782. The first kappa shape index (κ1) is 15.6. The number of halogens is 1. The van der Waals surface area contributed by atoms with Crippen molar-refractivity contribution in [1.82, 2.24) is 0 Å². The van der Waals surface area contributed by atoms with Gasteiger partial charge in [-0.1, -0.05) is 40.2 Å². The number of anilines is 1. The average Bonchev–Trinajstić information content (AvgIpc) is 2.38. The predicted molar refractivity (Wildman–Crippen MR) is 89.4 cm³/mol. The number of benzene rings is 2. The largest absolute Gasteiger partial charge is 0.444 e. The minimum Gasteiger partial charge on any atom is -0.444 e. The van der Waals surface area contributed by atoms with Gasteiger partial charge in [0.25, 0.3) is 0 Å². The van der Waals surface area contributed by atoms with Crippen molar-refractivity contribution in [2.45, 2.75) is 26.4 Å². The van der Waals surface area contributed by atoms with Gasteiger partial charge in [0.1, 0.15) is 5.60 Å². The zero-order valence-corrected chi connectivity index (χ0v) is 13.9. The van der Waals surface area contributed by atoms with Crippen LogP contribution < -0.4 is 5.32 Å². The van der Waals surface area contributed by atoms with Crippen LogP contribution in [0.3, 0.4) is 0 Å². The van der Waals surface area contributed by atoms with Crippen LogP contribution >= 0.6 is 15.9 Å². The van der Waals surface area contributed by atoms with Gasteiger partial charge in [-0.3, -0.25) is 5.32 Å². The van der Waals surface area contributed by atoms with Gasteiger partial charge in [0.15, 0.2) is 0 Å². The summed E-state index contributed by atoms with van der Waals surface area (Å²) in [6, 6.07) is 15.7. The molecule has 21 heavy (non-hydrogen) atoms. The number of hydrogen-bond donors (Lipinski definition) is 1. The Labute approximate surface area is 133 Å². The van der Waals surface area contributed by atoms with E-state index in [1.54, 1.807) is 0 Å². The van der Waals surface area contributed by atoms with E-state index >= 15 is 0 Å². The van der Waals surface area contributed by atoms with E-state index in [0.29, 0.717) is 5.69 Å². The third-order valence-corrected chi connectivity index (χ3v) is 3.24. The molecule has 0 heterocycles. The Balaban J connectivity index is 2.05. The molecule has 0 radical (unpaired) electrons. The predicted octanol–water partition coefficient (Wildman–Crippen LogP) is 5.46. The second kappa shape index (κ2) is 6.31. The van der Waals surface area contributed by atoms with Crippen molar-refractivity contribution in [1.29, 1.82) is 0 Å². The van der Waals surface area contributed by atoms with Crippen LogP contribution in [0, 0.1) is 0 Å². The Bertz CT molecular complexity index is 613. The number of rotatable bonds is 2. The molecule has 0 aromatic heterocycles. The van der Waals surface area contributed by atoms with Gasteiger partial charge in [-0.2, -0.15) is 0 Å². The molecule has 1 N–H and O–H groups in total. The third-order valence-electron chi connectivity index (χ3n) is 2.71. The smallest absolute Gasteiger partial charge is 0.412 e. The van der Waals surface area contributed by atoms with Crippen molar-refractivity contribution in [2.24, 2.45) is 0 Å². The summed E-state index contributed by atoms with van der Waals surface area (Å²) in [4.78, 5) is 11.7. The minimum atomic E-state index is -0.499. The first-order valence-corrected chi connectivity index (χ1v) is 7.49. The first-order chi connectivity index (χ1) is 9.83. The molecule has 0 spiro atoms. The lowest BCUT2D eigenvalue weighted by Crippen LogP contribution is -2.27. The van der Waals surface area contributed by atoms with Gasteiger partial charge in [-0.05, 0) is 56.2 Å². The Kier molecular flexibility index (Phi) is 4.68. The highest BCUT2D eigenvalue weighted by Crippen LogP contribution is 2.23. The lowest BCUT2D eigenvalue weighted by atomic mass is 10.1. The lowest BCUT2D eigenvalue weighted by Gasteiger charge is -2.19. The number of carbonyl (C=O) groups excluding carboxylic acids is 1. The van der Waals surface area contributed by atoms with Crippen molar-refractivity contribution in [3.8, 4) is 11.1 Å². The summed E-state index contributed by atoms with van der Waals surface area (Å²) in [6.07, 6.45) is -0.445. The minimum absolute atomic E-state index is 0.445. The molecule has 0 aliphatic carbocycles. The van der Waals surface area contributed by atoms with Gasteiger partial charge in [0.2, 0.25) is 0 Å². The normalized spacial score (nSPS) is 11.0. The first-order valence-electron chi connectivity index (χ1n) is 6.69. The van der Waals surface area contributed by atoms with Crippen molar-refractivity contribution in [2.75, 3.05) is 5.32 Å². The maximum Gasteiger partial charge on any atom is 0.412 e. The summed E-state index contributed by atoms with van der Waals surface area (Å²) >= 11 is 3.42. The van der Waals surface area contributed by atoms with Crippen molar-refractivity contribution in [3.63, 3.8) is 0 Å². The maximum absolute atomic E-state index is 11.7. The van der Waals surface area contributed by atoms with Crippen LogP contribution in [0.25, 0.3) is 11.1 Å². The Morgan fingerprint density at radius 3 is 1.90 bits per heavy atom. The average molecular weight is 348 g/mol. The Hall–Kier alpha value is -1.81. The van der Waals surface area contributed by atoms with Crippen molar-refractivity contribution in [3.05, 3.63) is 53.0 Å². The van der Waals surface area contributed by atoms with Crippen molar-refractivity contribution >= 4 is 27.7 Å². The van der Waals surface area contributed by atoms with E-state index in [-0.39, 0.29) is 0 Å². The van der Waals surface area contributed by atoms with Gasteiger partial charge in [0, 0.05) is 10.2 Å². The summed E-state index contributed by atoms with van der Waals surface area (Å²) in [5.41, 5.74) is 2.44. The summed E-state index contributed by atoms with van der Waals surface area (Å²) in [5.74, 6) is 0. The molecule has 0 saturated carbocycles. The van der Waals surface area contributed by atoms with Crippen LogP contribution in [-0.2, 0) is 4.74 Å². The molecule has 0 unspecified atom stereocenters. The summed E-state index contributed by atoms with van der Waals surface area (Å²) in [7, 11) is 0. The van der Waals surface area contributed by atoms with Gasteiger partial charge in [0.05, 0.1) is 0 Å². The van der Waals surface area contributed by atoms with Gasteiger partial charge in [-0.25, -0.2) is 4.79 Å². The molecular formula is C17H18BrNO2. The van der Waals surface area contributed by atoms with Crippen LogP contribution in [0.15, 0.2) is 53.0 Å². The van der Waals surface area contributed by atoms with Crippen LogP contribution in [0.5, 0.6) is 0 Å². The molecule has 2 rings (SSSR count). The number of nitrogens with one attached hydrogen (secondary N) is 1. The molecule has 110 valence electrons. The second-order valence-electron chi connectivity index (χ2n) is 5.71. The molecule has 0 saturated heterocycles. The number of ether oxygens (including phenoxy) is 1. The molecule has 1 amide bonds. The molecule has 2 aromatic carbocycles. The van der Waals surface area contributed by atoms with Crippen LogP contribution in [-0.4, -0.2) is 11.7 Å². The third kappa shape index (κ3) is 4.90. The van der Waals surface area contributed by atoms with Crippen molar-refractivity contribution < 1.29 is 9.53 Å². The van der Waals surface area contributed by atoms with E-state index < -0.39 is 11.7 Å². The van der Waals surface area contributed by atoms with Gasteiger partial charge in [-0.15, -0.1) is 0 Å². The van der Waals surface area contributed by atoms with Crippen LogP contribution in [0.1, 0.15) is 20.8 Å². The maximum atomic E-state index is 11.7. The van der Waals surface area contributed by atoms with E-state index in [1.165, 1.54) is 0 Å². The number of carbonyl (C=O) groups is 1. The molecule has 2 aromatic rings. The Morgan fingerprint density at radius 2 is 1.43 bits per heavy atom. The fraction of sp³-hybridized carbons (Fsp3) is 0.235. The fourth-order valence-corrected chi connectivity index (χ4v) is 2.07. The van der Waals surface area contributed by atoms with Gasteiger partial charge >= 0.3 is 6.09 Å². The van der Waals surface area contributed by atoms with Gasteiger partial charge < -0.3 is 4.74 Å². The SMILES string of the molecule is CC(C)(C)OC(=O)Nc1ccc(-c2ccc(Br)cc2)cc1. The highest BCUT2D eigenvalue weighted by molar-refractivity contribution is 9.10.